The molecule has 1 fully saturated rings. The predicted octanol–water partition coefficient (Wildman–Crippen LogP) is 2.51. The highest BCUT2D eigenvalue weighted by Gasteiger charge is 2.22. The maximum atomic E-state index is 5.98. The molecule has 3 heteroatoms. The minimum Gasteiger partial charge on any atom is -0.329 e. The Morgan fingerprint density at radius 3 is 2.78 bits per heavy atom. The Morgan fingerprint density at radius 1 is 1.44 bits per heavy atom. The zero-order valence-electron chi connectivity index (χ0n) is 11.6. The Hall–Kier alpha value is -0.930. The molecule has 0 saturated heterocycles. The fourth-order valence-electron chi connectivity index (χ4n) is 3.10. The summed E-state index contributed by atoms with van der Waals surface area (Å²) in [6.07, 6.45) is 9.39. The van der Waals surface area contributed by atoms with E-state index in [4.69, 9.17) is 5.73 Å². The summed E-state index contributed by atoms with van der Waals surface area (Å²) in [5.41, 5.74) is 8.55. The summed E-state index contributed by atoms with van der Waals surface area (Å²) in [6, 6.07) is 2.38. The lowest BCUT2D eigenvalue weighted by molar-refractivity contribution is 0.211. The van der Waals surface area contributed by atoms with E-state index in [-0.39, 0.29) is 0 Å². The summed E-state index contributed by atoms with van der Waals surface area (Å²) in [5, 5.41) is 0. The van der Waals surface area contributed by atoms with Gasteiger partial charge in [-0.15, -0.1) is 0 Å². The fraction of sp³-hybridized carbons (Fsp3) is 0.667. The number of nitrogens with two attached hydrogens (primary N) is 1. The molecule has 1 unspecified atom stereocenters. The van der Waals surface area contributed by atoms with Gasteiger partial charge in [-0.05, 0) is 49.9 Å². The van der Waals surface area contributed by atoms with Crippen LogP contribution < -0.4 is 5.73 Å². The van der Waals surface area contributed by atoms with E-state index in [9.17, 15) is 0 Å². The first-order chi connectivity index (χ1) is 8.72. The van der Waals surface area contributed by atoms with E-state index >= 15 is 0 Å². The molecule has 0 bridgehead atoms. The Labute approximate surface area is 110 Å². The van der Waals surface area contributed by atoms with Crippen LogP contribution in [0.2, 0.25) is 0 Å². The first-order valence-electron chi connectivity index (χ1n) is 7.03. The SMILES string of the molecule is Cc1ccncc1C(CN)N(C)CC1CCCC1. The number of likely N-dealkylation sites (N-methyl/N-ethyl adjacent to an activating group) is 1. The molecule has 0 amide bonds. The van der Waals surface area contributed by atoms with Gasteiger partial charge in [0.2, 0.25) is 0 Å². The van der Waals surface area contributed by atoms with Crippen molar-refractivity contribution in [3.8, 4) is 0 Å². The van der Waals surface area contributed by atoms with Gasteiger partial charge in [-0.3, -0.25) is 9.88 Å². The quantitative estimate of drug-likeness (QED) is 0.869. The van der Waals surface area contributed by atoms with E-state index in [0.29, 0.717) is 12.6 Å². The zero-order chi connectivity index (χ0) is 13.0. The molecule has 2 rings (SSSR count). The lowest BCUT2D eigenvalue weighted by Gasteiger charge is -2.30. The van der Waals surface area contributed by atoms with Crippen LogP contribution in [0.15, 0.2) is 18.5 Å². The van der Waals surface area contributed by atoms with Crippen molar-refractivity contribution in [1.29, 1.82) is 0 Å². The van der Waals surface area contributed by atoms with Gasteiger partial charge >= 0.3 is 0 Å². The van der Waals surface area contributed by atoms with E-state index in [2.05, 4.69) is 29.9 Å². The van der Waals surface area contributed by atoms with Crippen LogP contribution >= 0.6 is 0 Å². The minimum atomic E-state index is 0.305. The molecule has 3 nitrogen and oxygen atoms in total. The van der Waals surface area contributed by atoms with Gasteiger partial charge in [0, 0.05) is 31.5 Å². The second-order valence-corrected chi connectivity index (χ2v) is 5.57. The summed E-state index contributed by atoms with van der Waals surface area (Å²) in [6.45, 7) is 3.97. The highest BCUT2D eigenvalue weighted by atomic mass is 15.1. The predicted molar refractivity (Wildman–Crippen MR) is 75.4 cm³/mol. The van der Waals surface area contributed by atoms with Crippen molar-refractivity contribution in [1.82, 2.24) is 9.88 Å². The van der Waals surface area contributed by atoms with Crippen molar-refractivity contribution in [2.24, 2.45) is 11.7 Å². The topological polar surface area (TPSA) is 42.1 Å². The maximum Gasteiger partial charge on any atom is 0.0485 e. The van der Waals surface area contributed by atoms with Crippen LogP contribution in [0.5, 0.6) is 0 Å². The number of aromatic nitrogens is 1. The molecule has 0 radical (unpaired) electrons. The summed E-state index contributed by atoms with van der Waals surface area (Å²) < 4.78 is 0. The standard InChI is InChI=1S/C15H25N3/c1-12-7-8-17-10-14(12)15(9-16)18(2)11-13-5-3-4-6-13/h7-8,10,13,15H,3-6,9,11,16H2,1-2H3. The molecule has 18 heavy (non-hydrogen) atoms. The maximum absolute atomic E-state index is 5.98. The van der Waals surface area contributed by atoms with Crippen LogP contribution in [0, 0.1) is 12.8 Å². The molecule has 1 aliphatic rings. The normalized spacial score (nSPS) is 18.4. The summed E-state index contributed by atoms with van der Waals surface area (Å²) in [7, 11) is 2.20. The Kier molecular flexibility index (Phi) is 4.72. The van der Waals surface area contributed by atoms with E-state index < -0.39 is 0 Å². The van der Waals surface area contributed by atoms with Crippen LogP contribution in [-0.2, 0) is 0 Å². The van der Waals surface area contributed by atoms with Gasteiger partial charge in [-0.2, -0.15) is 0 Å². The fourth-order valence-corrected chi connectivity index (χ4v) is 3.10. The van der Waals surface area contributed by atoms with E-state index in [0.717, 1.165) is 12.5 Å². The first-order valence-corrected chi connectivity index (χ1v) is 7.03. The molecule has 1 heterocycles. The molecule has 0 aromatic carbocycles. The van der Waals surface area contributed by atoms with Crippen LogP contribution in [0.4, 0.5) is 0 Å². The van der Waals surface area contributed by atoms with Crippen molar-refractivity contribution in [2.45, 2.75) is 38.6 Å². The molecule has 1 aliphatic carbocycles. The molecular weight excluding hydrogens is 222 g/mol. The molecule has 1 saturated carbocycles. The van der Waals surface area contributed by atoms with Crippen molar-refractivity contribution in [2.75, 3.05) is 20.1 Å². The smallest absolute Gasteiger partial charge is 0.0485 e. The van der Waals surface area contributed by atoms with Crippen molar-refractivity contribution >= 4 is 0 Å². The minimum absolute atomic E-state index is 0.305. The number of aryl methyl sites for hydroxylation is 1. The van der Waals surface area contributed by atoms with Gasteiger partial charge in [0.25, 0.3) is 0 Å². The van der Waals surface area contributed by atoms with Crippen LogP contribution in [0.3, 0.4) is 0 Å². The third-order valence-electron chi connectivity index (χ3n) is 4.21. The van der Waals surface area contributed by atoms with Gasteiger partial charge in [0.1, 0.15) is 0 Å². The largest absolute Gasteiger partial charge is 0.329 e. The Morgan fingerprint density at radius 2 is 2.17 bits per heavy atom. The van der Waals surface area contributed by atoms with Gasteiger partial charge in [-0.25, -0.2) is 0 Å². The van der Waals surface area contributed by atoms with Crippen LogP contribution in [-0.4, -0.2) is 30.0 Å². The molecule has 2 N–H and O–H groups in total. The number of hydrogen-bond donors (Lipinski definition) is 1. The number of rotatable bonds is 5. The lowest BCUT2D eigenvalue weighted by atomic mass is 10.0. The highest BCUT2D eigenvalue weighted by Crippen LogP contribution is 2.28. The molecule has 1 atom stereocenters. The Balaban J connectivity index is 2.05. The second-order valence-electron chi connectivity index (χ2n) is 5.57. The summed E-state index contributed by atoms with van der Waals surface area (Å²) >= 11 is 0. The lowest BCUT2D eigenvalue weighted by Crippen LogP contribution is -2.34. The van der Waals surface area contributed by atoms with E-state index in [1.165, 1.54) is 36.8 Å². The average Bonchev–Trinajstić information content (AvgIpc) is 2.85. The molecule has 0 spiro atoms. The number of pyridine rings is 1. The van der Waals surface area contributed by atoms with E-state index in [1.807, 2.05) is 12.4 Å². The third kappa shape index (κ3) is 3.09. The van der Waals surface area contributed by atoms with Gasteiger partial charge in [0.05, 0.1) is 0 Å². The number of hydrogen-bond acceptors (Lipinski definition) is 3. The molecule has 1 aromatic heterocycles. The first kappa shape index (κ1) is 13.5. The van der Waals surface area contributed by atoms with Gasteiger partial charge in [0.15, 0.2) is 0 Å². The van der Waals surface area contributed by atoms with Crippen molar-refractivity contribution < 1.29 is 0 Å². The van der Waals surface area contributed by atoms with E-state index in [1.54, 1.807) is 0 Å². The average molecular weight is 247 g/mol. The summed E-state index contributed by atoms with van der Waals surface area (Å²) in [5.74, 6) is 0.862. The third-order valence-corrected chi connectivity index (χ3v) is 4.21. The molecule has 100 valence electrons. The van der Waals surface area contributed by atoms with Gasteiger partial charge in [-0.1, -0.05) is 12.8 Å². The second kappa shape index (κ2) is 6.30. The van der Waals surface area contributed by atoms with Crippen molar-refractivity contribution in [3.63, 3.8) is 0 Å². The summed E-state index contributed by atoms with van der Waals surface area (Å²) in [4.78, 5) is 6.66. The Bertz CT molecular complexity index is 372. The molecule has 0 aliphatic heterocycles. The molecule has 1 aromatic rings. The van der Waals surface area contributed by atoms with Gasteiger partial charge < -0.3 is 5.73 Å². The van der Waals surface area contributed by atoms with Crippen LogP contribution in [0.25, 0.3) is 0 Å². The number of nitrogens with zero attached hydrogens (tertiary/aromatic N) is 2. The van der Waals surface area contributed by atoms with Crippen LogP contribution in [0.1, 0.15) is 42.9 Å². The zero-order valence-corrected chi connectivity index (χ0v) is 11.6. The monoisotopic (exact) mass is 247 g/mol. The van der Waals surface area contributed by atoms with Crippen molar-refractivity contribution in [3.05, 3.63) is 29.6 Å². The molecular formula is C15H25N3. The highest BCUT2D eigenvalue weighted by molar-refractivity contribution is 5.25.